The first-order chi connectivity index (χ1) is 14.4. The van der Waals surface area contributed by atoms with Gasteiger partial charge in [0.1, 0.15) is 5.75 Å². The lowest BCUT2D eigenvalue weighted by atomic mass is 9.79. The highest BCUT2D eigenvalue weighted by atomic mass is 32.1. The number of hydrogen-bond donors (Lipinski definition) is 0. The molecule has 1 atom stereocenters. The van der Waals surface area contributed by atoms with Crippen molar-refractivity contribution in [3.8, 4) is 5.75 Å². The van der Waals surface area contributed by atoms with Crippen LogP contribution in [0.5, 0.6) is 5.75 Å². The number of amides is 1. The highest BCUT2D eigenvalue weighted by Crippen LogP contribution is 2.45. The molecular weight excluding hydrogens is 415 g/mol. The maximum absolute atomic E-state index is 13.3. The fraction of sp³-hybridized carbons (Fsp3) is 0.500. The van der Waals surface area contributed by atoms with E-state index in [2.05, 4.69) is 16.2 Å². The summed E-state index contributed by atoms with van der Waals surface area (Å²) < 4.78 is 46.6. The molecule has 0 bridgehead atoms. The third kappa shape index (κ3) is 4.49. The second-order valence-electron chi connectivity index (χ2n) is 7.85. The van der Waals surface area contributed by atoms with E-state index in [1.54, 1.807) is 18.4 Å². The van der Waals surface area contributed by atoms with Crippen molar-refractivity contribution in [2.45, 2.75) is 50.6 Å². The highest BCUT2D eigenvalue weighted by Gasteiger charge is 2.39. The van der Waals surface area contributed by atoms with E-state index in [1.807, 2.05) is 4.90 Å². The number of benzene rings is 1. The first-order valence-electron chi connectivity index (χ1n) is 10.1. The number of carbonyl (C=O) groups excluding carboxylic acids is 1. The van der Waals surface area contributed by atoms with Gasteiger partial charge in [0.2, 0.25) is 0 Å². The lowest BCUT2D eigenvalue weighted by Gasteiger charge is -2.42. The zero-order valence-corrected chi connectivity index (χ0v) is 17.5. The van der Waals surface area contributed by atoms with Gasteiger partial charge in [-0.25, -0.2) is 0 Å². The predicted molar refractivity (Wildman–Crippen MR) is 108 cm³/mol. The molecule has 1 unspecified atom stereocenters. The van der Waals surface area contributed by atoms with Gasteiger partial charge in [0.05, 0.1) is 12.1 Å². The van der Waals surface area contributed by atoms with Crippen LogP contribution in [0.25, 0.3) is 0 Å². The quantitative estimate of drug-likeness (QED) is 0.623. The van der Waals surface area contributed by atoms with Crippen LogP contribution < -0.4 is 4.74 Å². The number of methoxy groups -OCH3 is 1. The molecule has 1 fully saturated rings. The van der Waals surface area contributed by atoms with Gasteiger partial charge in [0, 0.05) is 24.1 Å². The van der Waals surface area contributed by atoms with E-state index in [0.717, 1.165) is 32.1 Å². The molecule has 1 aromatic carbocycles. The molecular formula is C22H24F3NO3S. The van der Waals surface area contributed by atoms with Gasteiger partial charge in [-0.1, -0.05) is 0 Å². The summed E-state index contributed by atoms with van der Waals surface area (Å²) in [6.07, 6.45) is 0.251. The Hall–Kier alpha value is -2.06. The van der Waals surface area contributed by atoms with Crippen LogP contribution in [0.15, 0.2) is 35.7 Å². The van der Waals surface area contributed by atoms with Crippen LogP contribution in [0, 0.1) is 5.92 Å². The molecule has 30 heavy (non-hydrogen) atoms. The minimum Gasteiger partial charge on any atom is -0.406 e. The van der Waals surface area contributed by atoms with Gasteiger partial charge >= 0.3 is 6.36 Å². The average Bonchev–Trinajstić information content (AvgIpc) is 3.21. The molecule has 0 spiro atoms. The van der Waals surface area contributed by atoms with E-state index < -0.39 is 6.36 Å². The molecule has 4 nitrogen and oxygen atoms in total. The summed E-state index contributed by atoms with van der Waals surface area (Å²) in [6.45, 7) is 0.609. The van der Waals surface area contributed by atoms with Crippen LogP contribution in [0.1, 0.15) is 52.5 Å². The van der Waals surface area contributed by atoms with Crippen molar-refractivity contribution < 1.29 is 27.4 Å². The third-order valence-electron chi connectivity index (χ3n) is 6.10. The summed E-state index contributed by atoms with van der Waals surface area (Å²) in [6, 6.07) is 7.35. The van der Waals surface area contributed by atoms with Crippen LogP contribution >= 0.6 is 11.3 Å². The largest absolute Gasteiger partial charge is 0.573 e. The van der Waals surface area contributed by atoms with Gasteiger partial charge < -0.3 is 14.4 Å². The molecule has 0 radical (unpaired) electrons. The molecule has 1 saturated carbocycles. The summed E-state index contributed by atoms with van der Waals surface area (Å²) >= 11 is 1.69. The van der Waals surface area contributed by atoms with Gasteiger partial charge in [0.15, 0.2) is 0 Å². The normalized spacial score (nSPS) is 24.4. The molecule has 1 aromatic heterocycles. The monoisotopic (exact) mass is 439 g/mol. The van der Waals surface area contributed by atoms with Gasteiger partial charge in [0.25, 0.3) is 5.91 Å². The number of carbonyl (C=O) groups is 1. The second kappa shape index (κ2) is 8.59. The molecule has 1 aliphatic heterocycles. The molecule has 0 N–H and O–H groups in total. The Kier molecular flexibility index (Phi) is 6.06. The Balaban J connectivity index is 1.56. The first-order valence-corrected chi connectivity index (χ1v) is 11.0. The van der Waals surface area contributed by atoms with Crippen LogP contribution in [0.3, 0.4) is 0 Å². The van der Waals surface area contributed by atoms with Crippen molar-refractivity contribution in [3.63, 3.8) is 0 Å². The van der Waals surface area contributed by atoms with E-state index >= 15 is 0 Å². The number of rotatable bonds is 4. The lowest BCUT2D eigenvalue weighted by molar-refractivity contribution is -0.274. The summed E-state index contributed by atoms with van der Waals surface area (Å²) in [5.74, 6) is -0.120. The van der Waals surface area contributed by atoms with Gasteiger partial charge in [-0.2, -0.15) is 0 Å². The van der Waals surface area contributed by atoms with E-state index in [1.165, 1.54) is 34.7 Å². The minimum absolute atomic E-state index is 0.00478. The van der Waals surface area contributed by atoms with Gasteiger partial charge in [-0.05, 0) is 79.3 Å². The van der Waals surface area contributed by atoms with E-state index in [-0.39, 0.29) is 23.8 Å². The molecule has 162 valence electrons. The molecule has 2 aromatic rings. The van der Waals surface area contributed by atoms with Crippen LogP contribution in [-0.2, 0) is 11.2 Å². The Labute approximate surface area is 177 Å². The molecule has 2 heterocycles. The number of nitrogens with zero attached hydrogens (tertiary/aromatic N) is 1. The topological polar surface area (TPSA) is 38.8 Å². The first kappa shape index (κ1) is 21.2. The molecule has 0 saturated heterocycles. The van der Waals surface area contributed by atoms with E-state index in [9.17, 15) is 18.0 Å². The number of ether oxygens (including phenoxy) is 2. The van der Waals surface area contributed by atoms with Crippen molar-refractivity contribution in [2.24, 2.45) is 5.92 Å². The number of halogens is 3. The Morgan fingerprint density at radius 2 is 1.80 bits per heavy atom. The second-order valence-corrected chi connectivity index (χ2v) is 8.80. The van der Waals surface area contributed by atoms with Gasteiger partial charge in [-0.15, -0.1) is 24.5 Å². The van der Waals surface area contributed by atoms with Crippen molar-refractivity contribution in [2.75, 3.05) is 13.7 Å². The van der Waals surface area contributed by atoms with Crippen LogP contribution in [0.4, 0.5) is 13.2 Å². The minimum atomic E-state index is -4.75. The fourth-order valence-electron chi connectivity index (χ4n) is 4.64. The van der Waals surface area contributed by atoms with E-state index in [0.29, 0.717) is 18.0 Å². The van der Waals surface area contributed by atoms with Gasteiger partial charge in [-0.3, -0.25) is 4.79 Å². The summed E-state index contributed by atoms with van der Waals surface area (Å²) in [4.78, 5) is 16.5. The molecule has 2 aliphatic rings. The molecule has 8 heteroatoms. The van der Waals surface area contributed by atoms with E-state index in [4.69, 9.17) is 4.74 Å². The standard InChI is InChI=1S/C22H24F3NO3S/c1-28-17-6-2-14(3-7-17)19-20-15(11-13-30-20)10-12-26(19)21(27)16-4-8-18(9-5-16)29-22(23,24)25/h4-5,8-9,11,13-14,17,19H,2-3,6-7,10,12H2,1H3. The maximum Gasteiger partial charge on any atom is 0.573 e. The SMILES string of the molecule is COC1CCC(C2c3sccc3CCN2C(=O)c2ccc(OC(F)(F)F)cc2)CC1. The Morgan fingerprint density at radius 3 is 2.43 bits per heavy atom. The fourth-order valence-corrected chi connectivity index (χ4v) is 5.80. The number of fused-ring (bicyclic) bond motifs is 1. The number of thiophene rings is 1. The van der Waals surface area contributed by atoms with Crippen molar-refractivity contribution in [1.82, 2.24) is 4.90 Å². The Morgan fingerprint density at radius 1 is 1.10 bits per heavy atom. The zero-order valence-electron chi connectivity index (χ0n) is 16.7. The highest BCUT2D eigenvalue weighted by molar-refractivity contribution is 7.10. The summed E-state index contributed by atoms with van der Waals surface area (Å²) in [5.41, 5.74) is 1.68. The molecule has 1 amide bonds. The predicted octanol–water partition coefficient (Wildman–Crippen LogP) is 5.59. The third-order valence-corrected chi connectivity index (χ3v) is 7.13. The molecule has 1 aliphatic carbocycles. The zero-order chi connectivity index (χ0) is 21.3. The number of alkyl halides is 3. The van der Waals surface area contributed by atoms with Crippen molar-refractivity contribution in [3.05, 3.63) is 51.7 Å². The van der Waals surface area contributed by atoms with Crippen molar-refractivity contribution >= 4 is 17.2 Å². The summed E-state index contributed by atoms with van der Waals surface area (Å²) in [5, 5.41) is 2.08. The number of hydrogen-bond acceptors (Lipinski definition) is 4. The summed E-state index contributed by atoms with van der Waals surface area (Å²) in [7, 11) is 1.74. The maximum atomic E-state index is 13.3. The van der Waals surface area contributed by atoms with Crippen LogP contribution in [-0.4, -0.2) is 36.9 Å². The van der Waals surface area contributed by atoms with Crippen LogP contribution in [0.2, 0.25) is 0 Å². The lowest BCUT2D eigenvalue weighted by Crippen LogP contribution is -2.43. The van der Waals surface area contributed by atoms with Crippen molar-refractivity contribution in [1.29, 1.82) is 0 Å². The smallest absolute Gasteiger partial charge is 0.406 e. The average molecular weight is 439 g/mol. The Bertz CT molecular complexity index is 872. The molecule has 4 rings (SSSR count).